The van der Waals surface area contributed by atoms with Crippen molar-refractivity contribution in [3.8, 4) is 0 Å². The maximum atomic E-state index is 5.57. The topological polar surface area (TPSA) is 42.1 Å². The number of anilines is 1. The van der Waals surface area contributed by atoms with E-state index in [0.29, 0.717) is 11.0 Å². The van der Waals surface area contributed by atoms with Gasteiger partial charge in [-0.05, 0) is 44.7 Å². The van der Waals surface area contributed by atoms with Crippen LogP contribution in [-0.2, 0) is 0 Å². The molecule has 0 spiro atoms. The van der Waals surface area contributed by atoms with E-state index >= 15 is 0 Å². The Bertz CT molecular complexity index is 396. The zero-order chi connectivity index (χ0) is 12.4. The third kappa shape index (κ3) is 3.16. The minimum absolute atomic E-state index is 0.405. The Kier molecular flexibility index (Phi) is 3.62. The van der Waals surface area contributed by atoms with Gasteiger partial charge in [0.05, 0.1) is 0 Å². The lowest BCUT2D eigenvalue weighted by Gasteiger charge is -2.28. The van der Waals surface area contributed by atoms with Crippen LogP contribution >= 0.6 is 12.2 Å². The highest BCUT2D eigenvalue weighted by atomic mass is 32.1. The first-order valence-electron chi connectivity index (χ1n) is 6.10. The summed E-state index contributed by atoms with van der Waals surface area (Å²) in [6.45, 7) is 5.51. The number of nitrogens with zero attached hydrogens (tertiary/aromatic N) is 2. The van der Waals surface area contributed by atoms with Crippen LogP contribution in [0.25, 0.3) is 0 Å². The van der Waals surface area contributed by atoms with Crippen molar-refractivity contribution in [3.05, 3.63) is 23.9 Å². The van der Waals surface area contributed by atoms with E-state index in [1.165, 1.54) is 12.8 Å². The average Bonchev–Trinajstić information content (AvgIpc) is 3.09. The lowest BCUT2D eigenvalue weighted by molar-refractivity contribution is 0.637. The molecule has 0 unspecified atom stereocenters. The number of rotatable bonds is 5. The van der Waals surface area contributed by atoms with E-state index in [2.05, 4.69) is 23.7 Å². The second-order valence-electron chi connectivity index (χ2n) is 4.96. The lowest BCUT2D eigenvalue weighted by Crippen LogP contribution is -2.33. The fourth-order valence-electron chi connectivity index (χ4n) is 1.85. The van der Waals surface area contributed by atoms with Crippen LogP contribution in [0, 0.1) is 5.92 Å². The summed E-state index contributed by atoms with van der Waals surface area (Å²) in [5.74, 6) is 1.88. The molecule has 1 saturated carbocycles. The van der Waals surface area contributed by atoms with Crippen LogP contribution < -0.4 is 10.6 Å². The van der Waals surface area contributed by atoms with Crippen LogP contribution in [0.5, 0.6) is 0 Å². The van der Waals surface area contributed by atoms with Gasteiger partial charge in [0.25, 0.3) is 0 Å². The van der Waals surface area contributed by atoms with E-state index in [9.17, 15) is 0 Å². The molecule has 0 saturated heterocycles. The van der Waals surface area contributed by atoms with Gasteiger partial charge in [0.2, 0.25) is 0 Å². The maximum absolute atomic E-state index is 5.57. The summed E-state index contributed by atoms with van der Waals surface area (Å²) in [6, 6.07) is 4.43. The molecule has 1 aromatic rings. The zero-order valence-electron chi connectivity index (χ0n) is 10.4. The Labute approximate surface area is 108 Å². The first-order valence-corrected chi connectivity index (χ1v) is 6.51. The summed E-state index contributed by atoms with van der Waals surface area (Å²) < 4.78 is 0. The van der Waals surface area contributed by atoms with Crippen LogP contribution in [0.15, 0.2) is 18.3 Å². The van der Waals surface area contributed by atoms with Gasteiger partial charge in [-0.1, -0.05) is 12.2 Å². The van der Waals surface area contributed by atoms with Crippen molar-refractivity contribution in [3.63, 3.8) is 0 Å². The summed E-state index contributed by atoms with van der Waals surface area (Å²) in [5, 5.41) is 0. The normalized spacial score (nSPS) is 15.0. The number of aromatic nitrogens is 1. The van der Waals surface area contributed by atoms with Crippen LogP contribution in [0.1, 0.15) is 32.3 Å². The van der Waals surface area contributed by atoms with Crippen LogP contribution in [-0.4, -0.2) is 22.6 Å². The molecule has 0 radical (unpaired) electrons. The monoisotopic (exact) mass is 249 g/mol. The molecular formula is C13H19N3S. The molecule has 92 valence electrons. The molecule has 0 atom stereocenters. The number of hydrogen-bond acceptors (Lipinski definition) is 3. The Morgan fingerprint density at radius 1 is 1.53 bits per heavy atom. The van der Waals surface area contributed by atoms with E-state index in [4.69, 9.17) is 18.0 Å². The summed E-state index contributed by atoms with van der Waals surface area (Å²) >= 11 is 4.93. The minimum Gasteiger partial charge on any atom is -0.389 e. The van der Waals surface area contributed by atoms with E-state index in [1.807, 2.05) is 12.1 Å². The SMILES string of the molecule is CC(C)N(CC1CC1)c1ccc(C(N)=S)cn1. The molecule has 1 aliphatic carbocycles. The van der Waals surface area contributed by atoms with Gasteiger partial charge in [0.15, 0.2) is 0 Å². The van der Waals surface area contributed by atoms with Gasteiger partial charge < -0.3 is 10.6 Å². The second-order valence-corrected chi connectivity index (χ2v) is 5.40. The van der Waals surface area contributed by atoms with E-state index in [1.54, 1.807) is 6.20 Å². The van der Waals surface area contributed by atoms with E-state index < -0.39 is 0 Å². The molecule has 3 nitrogen and oxygen atoms in total. The van der Waals surface area contributed by atoms with E-state index in [0.717, 1.165) is 23.8 Å². The third-order valence-corrected chi connectivity index (χ3v) is 3.34. The van der Waals surface area contributed by atoms with Gasteiger partial charge in [-0.25, -0.2) is 4.98 Å². The van der Waals surface area contributed by atoms with Gasteiger partial charge in [-0.15, -0.1) is 0 Å². The Morgan fingerprint density at radius 3 is 2.65 bits per heavy atom. The van der Waals surface area contributed by atoms with Crippen LogP contribution in [0.3, 0.4) is 0 Å². The molecule has 1 fully saturated rings. The number of nitrogens with two attached hydrogens (primary N) is 1. The first-order chi connectivity index (χ1) is 8.08. The molecule has 0 aliphatic heterocycles. The first kappa shape index (κ1) is 12.3. The smallest absolute Gasteiger partial charge is 0.128 e. The Hall–Kier alpha value is -1.16. The summed E-state index contributed by atoms with van der Waals surface area (Å²) in [5.41, 5.74) is 6.40. The molecule has 4 heteroatoms. The summed E-state index contributed by atoms with van der Waals surface area (Å²) in [4.78, 5) is 7.21. The molecule has 1 aromatic heterocycles. The largest absolute Gasteiger partial charge is 0.389 e. The quantitative estimate of drug-likeness (QED) is 0.813. The predicted molar refractivity (Wildman–Crippen MR) is 75.3 cm³/mol. The van der Waals surface area contributed by atoms with Crippen molar-refractivity contribution < 1.29 is 0 Å². The molecule has 1 aliphatic rings. The van der Waals surface area contributed by atoms with Gasteiger partial charge in [-0.3, -0.25) is 0 Å². The molecular weight excluding hydrogens is 230 g/mol. The van der Waals surface area contributed by atoms with Crippen molar-refractivity contribution in [2.24, 2.45) is 11.7 Å². The maximum Gasteiger partial charge on any atom is 0.128 e. The average molecular weight is 249 g/mol. The van der Waals surface area contributed by atoms with Gasteiger partial charge >= 0.3 is 0 Å². The van der Waals surface area contributed by atoms with Crippen molar-refractivity contribution >= 4 is 23.0 Å². The lowest BCUT2D eigenvalue weighted by atomic mass is 10.2. The van der Waals surface area contributed by atoms with Crippen molar-refractivity contribution in [1.29, 1.82) is 0 Å². The minimum atomic E-state index is 0.405. The fourth-order valence-corrected chi connectivity index (χ4v) is 1.97. The molecule has 17 heavy (non-hydrogen) atoms. The second kappa shape index (κ2) is 5.00. The Morgan fingerprint density at radius 2 is 2.24 bits per heavy atom. The van der Waals surface area contributed by atoms with E-state index in [-0.39, 0.29) is 0 Å². The molecule has 0 bridgehead atoms. The van der Waals surface area contributed by atoms with Crippen LogP contribution in [0.4, 0.5) is 5.82 Å². The predicted octanol–water partition coefficient (Wildman–Crippen LogP) is 2.34. The summed E-state index contributed by atoms with van der Waals surface area (Å²) in [6.07, 6.45) is 4.47. The highest BCUT2D eigenvalue weighted by Gasteiger charge is 2.26. The molecule has 1 heterocycles. The zero-order valence-corrected chi connectivity index (χ0v) is 11.2. The summed E-state index contributed by atoms with van der Waals surface area (Å²) in [7, 11) is 0. The highest BCUT2D eigenvalue weighted by Crippen LogP contribution is 2.31. The van der Waals surface area contributed by atoms with Gasteiger partial charge in [0, 0.05) is 24.3 Å². The van der Waals surface area contributed by atoms with Gasteiger partial charge in [-0.2, -0.15) is 0 Å². The van der Waals surface area contributed by atoms with Crippen molar-refractivity contribution in [1.82, 2.24) is 4.98 Å². The van der Waals surface area contributed by atoms with Crippen molar-refractivity contribution in [2.45, 2.75) is 32.7 Å². The van der Waals surface area contributed by atoms with Crippen LogP contribution in [0.2, 0.25) is 0 Å². The van der Waals surface area contributed by atoms with Crippen molar-refractivity contribution in [2.75, 3.05) is 11.4 Å². The molecule has 0 aromatic carbocycles. The standard InChI is InChI=1S/C13H19N3S/c1-9(2)16(8-10-3-4-10)12-6-5-11(7-15-12)13(14)17/h5-7,9-10H,3-4,8H2,1-2H3,(H2,14,17). The molecule has 0 amide bonds. The molecule has 2 N–H and O–H groups in total. The number of hydrogen-bond donors (Lipinski definition) is 1. The van der Waals surface area contributed by atoms with Gasteiger partial charge in [0.1, 0.15) is 10.8 Å². The highest BCUT2D eigenvalue weighted by molar-refractivity contribution is 7.80. The Balaban J connectivity index is 2.14. The fraction of sp³-hybridized carbons (Fsp3) is 0.538. The number of pyridine rings is 1. The third-order valence-electron chi connectivity index (χ3n) is 3.10. The number of thiocarbonyl (C=S) groups is 1. The molecule has 2 rings (SSSR count).